The van der Waals surface area contributed by atoms with E-state index in [1.807, 2.05) is 12.1 Å². The van der Waals surface area contributed by atoms with Crippen molar-refractivity contribution in [2.75, 3.05) is 31.1 Å². The Hall–Kier alpha value is -1.09. The molecule has 2 bridgehead atoms. The van der Waals surface area contributed by atoms with Gasteiger partial charge in [0.05, 0.1) is 5.69 Å². The summed E-state index contributed by atoms with van der Waals surface area (Å²) < 4.78 is 13.8. The normalized spacial score (nSPS) is 33.9. The van der Waals surface area contributed by atoms with Gasteiger partial charge in [-0.3, -0.25) is 4.90 Å². The lowest BCUT2D eigenvalue weighted by Gasteiger charge is -2.41. The van der Waals surface area contributed by atoms with Crippen LogP contribution < -0.4 is 4.90 Å². The van der Waals surface area contributed by atoms with Gasteiger partial charge in [0, 0.05) is 32.2 Å². The maximum Gasteiger partial charge on any atom is 0.146 e. The zero-order valence-electron chi connectivity index (χ0n) is 12.0. The van der Waals surface area contributed by atoms with Gasteiger partial charge in [0.25, 0.3) is 0 Å². The Balaban J connectivity index is 1.40. The quantitative estimate of drug-likeness (QED) is 0.817. The van der Waals surface area contributed by atoms with Gasteiger partial charge < -0.3 is 4.90 Å². The van der Waals surface area contributed by atoms with Crippen LogP contribution in [0.15, 0.2) is 24.3 Å². The summed E-state index contributed by atoms with van der Waals surface area (Å²) in [6.07, 6.45) is 5.81. The molecule has 3 heteroatoms. The first-order valence-corrected chi connectivity index (χ1v) is 8.05. The summed E-state index contributed by atoms with van der Waals surface area (Å²) in [5, 5.41) is 0. The summed E-state index contributed by atoms with van der Waals surface area (Å²) in [6, 6.07) is 8.00. The lowest BCUT2D eigenvalue weighted by Crippen LogP contribution is -2.52. The van der Waals surface area contributed by atoms with E-state index < -0.39 is 0 Å². The molecule has 0 spiro atoms. The lowest BCUT2D eigenvalue weighted by atomic mass is 9.93. The van der Waals surface area contributed by atoms with Gasteiger partial charge in [0.1, 0.15) is 5.82 Å². The Bertz CT molecular complexity index is 482. The van der Waals surface area contributed by atoms with Crippen molar-refractivity contribution >= 4 is 5.69 Å². The monoisotopic (exact) mass is 274 g/mol. The van der Waals surface area contributed by atoms with Crippen LogP contribution in [0.2, 0.25) is 0 Å². The molecule has 1 aromatic carbocycles. The molecular weight excluding hydrogens is 251 g/mol. The molecule has 0 amide bonds. The third kappa shape index (κ3) is 2.12. The van der Waals surface area contributed by atoms with Gasteiger partial charge in [-0.15, -0.1) is 0 Å². The van der Waals surface area contributed by atoms with Crippen molar-refractivity contribution in [1.29, 1.82) is 0 Å². The van der Waals surface area contributed by atoms with Crippen LogP contribution in [-0.2, 0) is 0 Å². The molecule has 3 aliphatic rings. The average molecular weight is 274 g/mol. The van der Waals surface area contributed by atoms with Crippen molar-refractivity contribution in [3.8, 4) is 0 Å². The molecule has 0 unspecified atom stereocenters. The van der Waals surface area contributed by atoms with E-state index in [1.165, 1.54) is 25.7 Å². The molecular formula is C17H23FN2. The summed E-state index contributed by atoms with van der Waals surface area (Å²) in [4.78, 5) is 4.89. The molecule has 108 valence electrons. The Labute approximate surface area is 120 Å². The third-order valence-electron chi connectivity index (χ3n) is 5.68. The van der Waals surface area contributed by atoms with Crippen LogP contribution in [-0.4, -0.2) is 37.1 Å². The first kappa shape index (κ1) is 12.6. The summed E-state index contributed by atoms with van der Waals surface area (Å²) in [5.74, 6) is 1.88. The van der Waals surface area contributed by atoms with E-state index >= 15 is 0 Å². The Morgan fingerprint density at radius 2 is 1.75 bits per heavy atom. The van der Waals surface area contributed by atoms with Gasteiger partial charge >= 0.3 is 0 Å². The number of piperazine rings is 1. The summed E-state index contributed by atoms with van der Waals surface area (Å²) in [7, 11) is 0. The van der Waals surface area contributed by atoms with E-state index in [4.69, 9.17) is 0 Å². The first-order valence-electron chi connectivity index (χ1n) is 8.05. The molecule has 1 aliphatic heterocycles. The highest BCUT2D eigenvalue weighted by Crippen LogP contribution is 2.46. The van der Waals surface area contributed by atoms with Crippen LogP contribution in [0.4, 0.5) is 10.1 Å². The maximum absolute atomic E-state index is 13.8. The highest BCUT2D eigenvalue weighted by atomic mass is 19.1. The molecule has 1 heterocycles. The highest BCUT2D eigenvalue weighted by Gasteiger charge is 2.42. The predicted molar refractivity (Wildman–Crippen MR) is 79.4 cm³/mol. The van der Waals surface area contributed by atoms with E-state index in [9.17, 15) is 4.39 Å². The van der Waals surface area contributed by atoms with Gasteiger partial charge in [-0.25, -0.2) is 4.39 Å². The number of hydrogen-bond acceptors (Lipinski definition) is 2. The molecule has 3 fully saturated rings. The van der Waals surface area contributed by atoms with Crippen molar-refractivity contribution in [1.82, 2.24) is 4.90 Å². The SMILES string of the molecule is Fc1ccccc1N1CCN([C@@H]2C[C@H]3CC[C@H]2C3)CC1. The molecule has 2 saturated carbocycles. The second-order valence-electron chi connectivity index (χ2n) is 6.72. The summed E-state index contributed by atoms with van der Waals surface area (Å²) in [5.41, 5.74) is 0.778. The molecule has 0 radical (unpaired) electrons. The molecule has 3 atom stereocenters. The van der Waals surface area contributed by atoms with Crippen LogP contribution in [0.3, 0.4) is 0 Å². The Kier molecular flexibility index (Phi) is 3.18. The van der Waals surface area contributed by atoms with Crippen LogP contribution >= 0.6 is 0 Å². The molecule has 2 nitrogen and oxygen atoms in total. The standard InChI is InChI=1S/C17H23FN2/c18-15-3-1-2-4-16(15)19-7-9-20(10-8-19)17-12-13-5-6-14(17)11-13/h1-4,13-14,17H,5-12H2/t13-,14-,17+/m0/s1. The van der Waals surface area contributed by atoms with Crippen LogP contribution in [0.25, 0.3) is 0 Å². The second-order valence-corrected chi connectivity index (χ2v) is 6.72. The van der Waals surface area contributed by atoms with Crippen molar-refractivity contribution in [3.05, 3.63) is 30.1 Å². The second kappa shape index (κ2) is 5.03. The zero-order valence-corrected chi connectivity index (χ0v) is 12.0. The fourth-order valence-electron chi connectivity index (χ4n) is 4.66. The van der Waals surface area contributed by atoms with Crippen LogP contribution in [0, 0.1) is 17.7 Å². The molecule has 20 heavy (non-hydrogen) atoms. The van der Waals surface area contributed by atoms with Gasteiger partial charge in [-0.2, -0.15) is 0 Å². The number of nitrogens with zero attached hydrogens (tertiary/aromatic N) is 2. The number of para-hydroxylation sites is 1. The zero-order chi connectivity index (χ0) is 13.5. The third-order valence-corrected chi connectivity index (χ3v) is 5.68. The van der Waals surface area contributed by atoms with Gasteiger partial charge in [-0.05, 0) is 43.2 Å². The van der Waals surface area contributed by atoms with E-state index in [-0.39, 0.29) is 5.82 Å². The van der Waals surface area contributed by atoms with Gasteiger partial charge in [-0.1, -0.05) is 18.6 Å². The van der Waals surface area contributed by atoms with Crippen LogP contribution in [0.1, 0.15) is 25.7 Å². The predicted octanol–water partition coefficient (Wildman–Crippen LogP) is 3.14. The Morgan fingerprint density at radius 3 is 2.40 bits per heavy atom. The fraction of sp³-hybridized carbons (Fsp3) is 0.647. The van der Waals surface area contributed by atoms with Crippen molar-refractivity contribution in [2.45, 2.75) is 31.7 Å². The number of rotatable bonds is 2. The van der Waals surface area contributed by atoms with Crippen molar-refractivity contribution in [2.24, 2.45) is 11.8 Å². The van der Waals surface area contributed by atoms with Crippen molar-refractivity contribution in [3.63, 3.8) is 0 Å². The maximum atomic E-state index is 13.8. The minimum atomic E-state index is -0.0825. The van der Waals surface area contributed by atoms with Gasteiger partial charge in [0.15, 0.2) is 0 Å². The number of fused-ring (bicyclic) bond motifs is 2. The van der Waals surface area contributed by atoms with E-state index in [0.717, 1.165) is 49.7 Å². The molecule has 4 rings (SSSR count). The minimum Gasteiger partial charge on any atom is -0.367 e. The number of halogens is 1. The van der Waals surface area contributed by atoms with E-state index in [0.29, 0.717) is 0 Å². The van der Waals surface area contributed by atoms with Crippen molar-refractivity contribution < 1.29 is 4.39 Å². The summed E-state index contributed by atoms with van der Waals surface area (Å²) in [6.45, 7) is 4.13. The Morgan fingerprint density at radius 1 is 0.950 bits per heavy atom. The molecule has 0 aromatic heterocycles. The minimum absolute atomic E-state index is 0.0825. The topological polar surface area (TPSA) is 6.48 Å². The molecule has 2 aliphatic carbocycles. The lowest BCUT2D eigenvalue weighted by molar-refractivity contribution is 0.134. The fourth-order valence-corrected chi connectivity index (χ4v) is 4.66. The van der Waals surface area contributed by atoms with Gasteiger partial charge in [0.2, 0.25) is 0 Å². The smallest absolute Gasteiger partial charge is 0.146 e. The summed E-state index contributed by atoms with van der Waals surface area (Å²) >= 11 is 0. The largest absolute Gasteiger partial charge is 0.367 e. The van der Waals surface area contributed by atoms with E-state index in [2.05, 4.69) is 9.80 Å². The first-order chi connectivity index (χ1) is 9.81. The molecule has 1 saturated heterocycles. The molecule has 1 aromatic rings. The molecule has 0 N–H and O–H groups in total. The number of benzene rings is 1. The van der Waals surface area contributed by atoms with E-state index in [1.54, 1.807) is 12.1 Å². The highest BCUT2D eigenvalue weighted by molar-refractivity contribution is 5.48. The number of anilines is 1. The number of hydrogen-bond donors (Lipinski definition) is 0. The average Bonchev–Trinajstić information content (AvgIpc) is 3.11. The van der Waals surface area contributed by atoms with Crippen LogP contribution in [0.5, 0.6) is 0 Å².